The molecular formula is C25H50N2O3. The van der Waals surface area contributed by atoms with Crippen molar-refractivity contribution < 1.29 is 14.7 Å². The first-order valence-electron chi connectivity index (χ1n) is 12.5. The van der Waals surface area contributed by atoms with E-state index in [-0.39, 0.29) is 5.91 Å². The van der Waals surface area contributed by atoms with Crippen LogP contribution >= 0.6 is 0 Å². The molecule has 0 spiro atoms. The fourth-order valence-electron chi connectivity index (χ4n) is 3.82. The summed E-state index contributed by atoms with van der Waals surface area (Å²) in [4.78, 5) is 24.7. The number of hydrogen-bond donors (Lipinski definition) is 2. The minimum absolute atomic E-state index is 0.0973. The molecular weight excluding hydrogens is 376 g/mol. The molecule has 0 aliphatic rings. The first kappa shape index (κ1) is 28.9. The highest BCUT2D eigenvalue weighted by molar-refractivity contribution is 5.75. The van der Waals surface area contributed by atoms with Gasteiger partial charge in [-0.2, -0.15) is 0 Å². The fourth-order valence-corrected chi connectivity index (χ4v) is 3.82. The van der Waals surface area contributed by atoms with Gasteiger partial charge in [0.15, 0.2) is 0 Å². The van der Waals surface area contributed by atoms with Gasteiger partial charge in [-0.25, -0.2) is 0 Å². The zero-order valence-electron chi connectivity index (χ0n) is 20.4. The molecule has 0 aromatic rings. The van der Waals surface area contributed by atoms with Crippen LogP contribution in [0.1, 0.15) is 117 Å². The number of carboxylic acid groups (broad SMARTS) is 1. The van der Waals surface area contributed by atoms with Gasteiger partial charge in [-0.3, -0.25) is 14.5 Å². The van der Waals surface area contributed by atoms with Gasteiger partial charge >= 0.3 is 5.97 Å². The molecule has 30 heavy (non-hydrogen) atoms. The zero-order valence-corrected chi connectivity index (χ0v) is 20.4. The lowest BCUT2D eigenvalue weighted by Crippen LogP contribution is -2.36. The number of nitrogens with one attached hydrogen (secondary N) is 1. The van der Waals surface area contributed by atoms with Crippen LogP contribution in [0.15, 0.2) is 0 Å². The number of carboxylic acids is 1. The molecule has 0 saturated carbocycles. The first-order valence-corrected chi connectivity index (χ1v) is 12.5. The Kier molecular flexibility index (Phi) is 19.1. The second-order valence-corrected chi connectivity index (χ2v) is 9.48. The third kappa shape index (κ3) is 18.9. The predicted octanol–water partition coefficient (Wildman–Crippen LogP) is 6.02. The molecule has 5 heteroatoms. The molecule has 0 saturated heterocycles. The molecule has 0 aliphatic heterocycles. The second kappa shape index (κ2) is 19.8. The molecule has 0 rings (SSSR count). The van der Waals surface area contributed by atoms with Crippen molar-refractivity contribution in [3.8, 4) is 0 Å². The number of nitrogens with zero attached hydrogens (tertiary/aromatic N) is 1. The summed E-state index contributed by atoms with van der Waals surface area (Å²) in [6, 6.07) is -0.475. The van der Waals surface area contributed by atoms with Crippen molar-refractivity contribution >= 4 is 11.9 Å². The molecule has 1 unspecified atom stereocenters. The standard InChI is InChI=1S/C25H50N2O3/c1-22(2)18-15-13-11-9-7-5-6-8-10-12-14-16-20-24(28)26-21-17-19-23(25(29)30)27(3)4/h22-23H,5-21H2,1-4H3,(H,26,28)(H,29,30). The van der Waals surface area contributed by atoms with Gasteiger partial charge in [0.2, 0.25) is 5.91 Å². The molecule has 2 N–H and O–H groups in total. The van der Waals surface area contributed by atoms with E-state index in [0.29, 0.717) is 25.8 Å². The van der Waals surface area contributed by atoms with Gasteiger partial charge < -0.3 is 10.4 Å². The highest BCUT2D eigenvalue weighted by Gasteiger charge is 2.18. The molecule has 178 valence electrons. The quantitative estimate of drug-likeness (QED) is 0.220. The molecule has 5 nitrogen and oxygen atoms in total. The van der Waals surface area contributed by atoms with Crippen LogP contribution < -0.4 is 5.32 Å². The van der Waals surface area contributed by atoms with Crippen LogP contribution in [0, 0.1) is 5.92 Å². The number of carbonyl (C=O) groups excluding carboxylic acids is 1. The van der Waals surface area contributed by atoms with Crippen LogP contribution in [0.5, 0.6) is 0 Å². The van der Waals surface area contributed by atoms with E-state index < -0.39 is 12.0 Å². The van der Waals surface area contributed by atoms with Crippen molar-refractivity contribution in [3.05, 3.63) is 0 Å². The van der Waals surface area contributed by atoms with Gasteiger partial charge in [0, 0.05) is 13.0 Å². The van der Waals surface area contributed by atoms with Crippen LogP contribution in [-0.4, -0.2) is 48.6 Å². The Labute approximate surface area is 186 Å². The molecule has 1 amide bonds. The largest absolute Gasteiger partial charge is 0.480 e. The van der Waals surface area contributed by atoms with Gasteiger partial charge in [-0.15, -0.1) is 0 Å². The Morgan fingerprint density at radius 3 is 1.63 bits per heavy atom. The van der Waals surface area contributed by atoms with Crippen LogP contribution in [0.4, 0.5) is 0 Å². The minimum atomic E-state index is -0.802. The van der Waals surface area contributed by atoms with Crippen LogP contribution in [0.3, 0.4) is 0 Å². The van der Waals surface area contributed by atoms with Crippen LogP contribution in [0.2, 0.25) is 0 Å². The Hall–Kier alpha value is -1.10. The van der Waals surface area contributed by atoms with Crippen LogP contribution in [0.25, 0.3) is 0 Å². The normalized spacial score (nSPS) is 12.5. The summed E-state index contributed by atoms with van der Waals surface area (Å²) in [5.41, 5.74) is 0. The predicted molar refractivity (Wildman–Crippen MR) is 127 cm³/mol. The SMILES string of the molecule is CC(C)CCCCCCCCCCCCCCC(=O)NCCCC(C(=O)O)N(C)C. The van der Waals surface area contributed by atoms with Gasteiger partial charge in [0.05, 0.1) is 0 Å². The van der Waals surface area contributed by atoms with Crippen molar-refractivity contribution in [3.63, 3.8) is 0 Å². The molecule has 0 aliphatic carbocycles. The van der Waals surface area contributed by atoms with Crippen molar-refractivity contribution in [2.24, 2.45) is 5.92 Å². The smallest absolute Gasteiger partial charge is 0.320 e. The number of carbonyl (C=O) groups is 2. The third-order valence-corrected chi connectivity index (χ3v) is 5.82. The maximum atomic E-state index is 11.9. The molecule has 0 aromatic carbocycles. The fraction of sp³-hybridized carbons (Fsp3) is 0.920. The topological polar surface area (TPSA) is 69.6 Å². The number of hydrogen-bond acceptors (Lipinski definition) is 3. The number of amides is 1. The van der Waals surface area contributed by atoms with Crippen LogP contribution in [-0.2, 0) is 9.59 Å². The first-order chi connectivity index (χ1) is 14.3. The summed E-state index contributed by atoms with van der Waals surface area (Å²) < 4.78 is 0. The molecule has 0 aromatic heterocycles. The minimum Gasteiger partial charge on any atom is -0.480 e. The number of aliphatic carboxylic acids is 1. The average Bonchev–Trinajstić information content (AvgIpc) is 2.67. The second-order valence-electron chi connectivity index (χ2n) is 9.48. The van der Waals surface area contributed by atoms with Gasteiger partial charge in [0.1, 0.15) is 6.04 Å². The summed E-state index contributed by atoms with van der Waals surface area (Å²) in [5.74, 6) is 0.148. The van der Waals surface area contributed by atoms with E-state index >= 15 is 0 Å². The van der Waals surface area contributed by atoms with E-state index in [1.807, 2.05) is 0 Å². The Balaban J connectivity index is 3.34. The molecule has 1 atom stereocenters. The summed E-state index contributed by atoms with van der Waals surface area (Å²) in [7, 11) is 3.54. The van der Waals surface area contributed by atoms with Crippen molar-refractivity contribution in [2.75, 3.05) is 20.6 Å². The van der Waals surface area contributed by atoms with Gasteiger partial charge in [0.25, 0.3) is 0 Å². The van der Waals surface area contributed by atoms with E-state index in [2.05, 4.69) is 19.2 Å². The number of likely N-dealkylation sites (N-methyl/N-ethyl adjacent to an activating group) is 1. The van der Waals surface area contributed by atoms with E-state index in [4.69, 9.17) is 5.11 Å². The molecule has 0 radical (unpaired) electrons. The Morgan fingerprint density at radius 1 is 0.733 bits per heavy atom. The third-order valence-electron chi connectivity index (χ3n) is 5.82. The van der Waals surface area contributed by atoms with E-state index in [1.54, 1.807) is 19.0 Å². The zero-order chi connectivity index (χ0) is 22.6. The summed E-state index contributed by atoms with van der Waals surface area (Å²) in [6.07, 6.45) is 18.9. The molecule has 0 fully saturated rings. The monoisotopic (exact) mass is 426 g/mol. The maximum absolute atomic E-state index is 11.9. The number of rotatable bonds is 21. The van der Waals surface area contributed by atoms with E-state index in [9.17, 15) is 9.59 Å². The Morgan fingerprint density at radius 2 is 1.20 bits per heavy atom. The summed E-state index contributed by atoms with van der Waals surface area (Å²) >= 11 is 0. The lowest BCUT2D eigenvalue weighted by atomic mass is 10.0. The maximum Gasteiger partial charge on any atom is 0.320 e. The highest BCUT2D eigenvalue weighted by atomic mass is 16.4. The lowest BCUT2D eigenvalue weighted by molar-refractivity contribution is -0.142. The van der Waals surface area contributed by atoms with Gasteiger partial charge in [-0.05, 0) is 39.3 Å². The average molecular weight is 427 g/mol. The molecule has 0 bridgehead atoms. The van der Waals surface area contributed by atoms with Crippen molar-refractivity contribution in [2.45, 2.75) is 123 Å². The van der Waals surface area contributed by atoms with Gasteiger partial charge in [-0.1, -0.05) is 90.9 Å². The summed E-state index contributed by atoms with van der Waals surface area (Å²) in [6.45, 7) is 5.18. The van der Waals surface area contributed by atoms with E-state index in [1.165, 1.54) is 70.6 Å². The molecule has 0 heterocycles. The van der Waals surface area contributed by atoms with Crippen molar-refractivity contribution in [1.82, 2.24) is 10.2 Å². The van der Waals surface area contributed by atoms with Crippen molar-refractivity contribution in [1.29, 1.82) is 0 Å². The summed E-state index contributed by atoms with van der Waals surface area (Å²) in [5, 5.41) is 12.0. The highest BCUT2D eigenvalue weighted by Crippen LogP contribution is 2.14. The van der Waals surface area contributed by atoms with E-state index in [0.717, 1.165) is 18.8 Å². The lowest BCUT2D eigenvalue weighted by Gasteiger charge is -2.19. The number of unbranched alkanes of at least 4 members (excludes halogenated alkanes) is 11. The Bertz CT molecular complexity index is 425.